The summed E-state index contributed by atoms with van der Waals surface area (Å²) in [4.78, 5) is 24.7. The van der Waals surface area contributed by atoms with Gasteiger partial charge in [0.05, 0.1) is 0 Å². The van der Waals surface area contributed by atoms with Crippen LogP contribution in [0.15, 0.2) is 0 Å². The van der Waals surface area contributed by atoms with Crippen LogP contribution in [0, 0.1) is 5.92 Å². The SMILES string of the molecule is CNC(=O)CCN(C)C(=O)C(C)CCCC(C)N. The summed E-state index contributed by atoms with van der Waals surface area (Å²) in [5.41, 5.74) is 5.67. The summed E-state index contributed by atoms with van der Waals surface area (Å²) in [6.45, 7) is 4.37. The maximum atomic E-state index is 12.0. The van der Waals surface area contributed by atoms with E-state index in [1.165, 1.54) is 0 Å². The van der Waals surface area contributed by atoms with Gasteiger partial charge in [0.2, 0.25) is 11.8 Å². The van der Waals surface area contributed by atoms with E-state index < -0.39 is 0 Å². The molecule has 0 bridgehead atoms. The van der Waals surface area contributed by atoms with Crippen molar-refractivity contribution in [3.8, 4) is 0 Å². The number of amides is 2. The molecule has 0 aromatic rings. The molecule has 2 unspecified atom stereocenters. The molecule has 0 aromatic heterocycles. The van der Waals surface area contributed by atoms with Crippen LogP contribution >= 0.6 is 0 Å². The normalized spacial score (nSPS) is 13.8. The Bertz CT molecular complexity index is 267. The van der Waals surface area contributed by atoms with Crippen LogP contribution in [-0.4, -0.2) is 43.4 Å². The number of hydrogen-bond donors (Lipinski definition) is 2. The molecule has 0 spiro atoms. The van der Waals surface area contributed by atoms with Crippen molar-refractivity contribution in [1.82, 2.24) is 10.2 Å². The van der Waals surface area contributed by atoms with Gasteiger partial charge in [0.1, 0.15) is 0 Å². The van der Waals surface area contributed by atoms with Crippen molar-refractivity contribution >= 4 is 11.8 Å². The molecule has 18 heavy (non-hydrogen) atoms. The lowest BCUT2D eigenvalue weighted by Gasteiger charge is -2.21. The van der Waals surface area contributed by atoms with Gasteiger partial charge < -0.3 is 16.0 Å². The molecule has 0 heterocycles. The molecule has 0 aromatic carbocycles. The molecule has 0 rings (SSSR count). The third-order valence-electron chi connectivity index (χ3n) is 3.05. The summed E-state index contributed by atoms with van der Waals surface area (Å²) in [6, 6.07) is 0.193. The zero-order valence-electron chi connectivity index (χ0n) is 12.0. The average molecular weight is 257 g/mol. The smallest absolute Gasteiger partial charge is 0.225 e. The molecule has 0 aliphatic heterocycles. The molecular weight excluding hydrogens is 230 g/mol. The van der Waals surface area contributed by atoms with Crippen molar-refractivity contribution in [1.29, 1.82) is 0 Å². The van der Waals surface area contributed by atoms with E-state index in [2.05, 4.69) is 5.32 Å². The third kappa shape index (κ3) is 7.27. The molecule has 0 aliphatic carbocycles. The second-order valence-electron chi connectivity index (χ2n) is 4.99. The lowest BCUT2D eigenvalue weighted by Crippen LogP contribution is -2.34. The highest BCUT2D eigenvalue weighted by Gasteiger charge is 2.17. The van der Waals surface area contributed by atoms with E-state index in [1.807, 2.05) is 13.8 Å². The lowest BCUT2D eigenvalue weighted by atomic mass is 10.0. The van der Waals surface area contributed by atoms with Crippen molar-refractivity contribution in [2.24, 2.45) is 11.7 Å². The van der Waals surface area contributed by atoms with Crippen LogP contribution in [0.3, 0.4) is 0 Å². The zero-order chi connectivity index (χ0) is 14.1. The van der Waals surface area contributed by atoms with Crippen LogP contribution in [0.1, 0.15) is 39.5 Å². The topological polar surface area (TPSA) is 75.4 Å². The van der Waals surface area contributed by atoms with E-state index in [-0.39, 0.29) is 23.8 Å². The Kier molecular flexibility index (Phi) is 8.37. The van der Waals surface area contributed by atoms with Crippen molar-refractivity contribution in [3.63, 3.8) is 0 Å². The molecule has 106 valence electrons. The number of carbonyl (C=O) groups is 2. The summed E-state index contributed by atoms with van der Waals surface area (Å²) in [5, 5.41) is 2.54. The monoisotopic (exact) mass is 257 g/mol. The predicted octanol–water partition coefficient (Wildman–Crippen LogP) is 0.735. The highest BCUT2D eigenvalue weighted by molar-refractivity contribution is 5.80. The van der Waals surface area contributed by atoms with E-state index in [1.54, 1.807) is 19.0 Å². The fourth-order valence-electron chi connectivity index (χ4n) is 1.75. The molecule has 0 fully saturated rings. The Morgan fingerprint density at radius 1 is 1.28 bits per heavy atom. The highest BCUT2D eigenvalue weighted by Crippen LogP contribution is 2.11. The molecule has 0 saturated heterocycles. The van der Waals surface area contributed by atoms with Crippen LogP contribution in [0.2, 0.25) is 0 Å². The van der Waals surface area contributed by atoms with Crippen molar-refractivity contribution in [2.75, 3.05) is 20.6 Å². The number of rotatable bonds is 8. The van der Waals surface area contributed by atoms with E-state index in [9.17, 15) is 9.59 Å². The van der Waals surface area contributed by atoms with Crippen molar-refractivity contribution in [2.45, 2.75) is 45.6 Å². The first kappa shape index (κ1) is 16.9. The van der Waals surface area contributed by atoms with Gasteiger partial charge in [-0.05, 0) is 19.8 Å². The second-order valence-corrected chi connectivity index (χ2v) is 4.99. The summed E-state index contributed by atoms with van der Waals surface area (Å²) in [5.74, 6) is 0.0567. The fraction of sp³-hybridized carbons (Fsp3) is 0.846. The van der Waals surface area contributed by atoms with Gasteiger partial charge in [0.15, 0.2) is 0 Å². The lowest BCUT2D eigenvalue weighted by molar-refractivity contribution is -0.134. The maximum Gasteiger partial charge on any atom is 0.225 e. The van der Waals surface area contributed by atoms with Crippen molar-refractivity contribution in [3.05, 3.63) is 0 Å². The molecular formula is C13H27N3O2. The van der Waals surface area contributed by atoms with Crippen LogP contribution in [0.5, 0.6) is 0 Å². The van der Waals surface area contributed by atoms with E-state index in [0.717, 1.165) is 19.3 Å². The summed E-state index contributed by atoms with van der Waals surface area (Å²) in [6.07, 6.45) is 3.11. The summed E-state index contributed by atoms with van der Waals surface area (Å²) in [7, 11) is 3.34. The Hall–Kier alpha value is -1.10. The van der Waals surface area contributed by atoms with Gasteiger partial charge in [-0.2, -0.15) is 0 Å². The maximum absolute atomic E-state index is 12.0. The molecule has 0 aliphatic rings. The second kappa shape index (κ2) is 8.91. The Morgan fingerprint density at radius 3 is 2.39 bits per heavy atom. The highest BCUT2D eigenvalue weighted by atomic mass is 16.2. The molecule has 0 saturated carbocycles. The molecule has 3 N–H and O–H groups in total. The minimum Gasteiger partial charge on any atom is -0.359 e. The third-order valence-corrected chi connectivity index (χ3v) is 3.05. The van der Waals surface area contributed by atoms with Gasteiger partial charge in [-0.15, -0.1) is 0 Å². The quantitative estimate of drug-likeness (QED) is 0.673. The number of nitrogens with one attached hydrogen (secondary N) is 1. The minimum absolute atomic E-state index is 0.00145. The molecule has 0 radical (unpaired) electrons. The summed E-state index contributed by atoms with van der Waals surface area (Å²) >= 11 is 0. The minimum atomic E-state index is -0.0424. The number of nitrogens with zero attached hydrogens (tertiary/aromatic N) is 1. The summed E-state index contributed by atoms with van der Waals surface area (Å²) < 4.78 is 0. The zero-order valence-corrected chi connectivity index (χ0v) is 12.0. The molecule has 2 amide bonds. The molecule has 5 heteroatoms. The van der Waals surface area contributed by atoms with Gasteiger partial charge in [-0.3, -0.25) is 9.59 Å². The van der Waals surface area contributed by atoms with Gasteiger partial charge in [-0.1, -0.05) is 13.3 Å². The number of carbonyl (C=O) groups excluding carboxylic acids is 2. The van der Waals surface area contributed by atoms with Gasteiger partial charge in [-0.25, -0.2) is 0 Å². The fourth-order valence-corrected chi connectivity index (χ4v) is 1.75. The van der Waals surface area contributed by atoms with Crippen LogP contribution in [-0.2, 0) is 9.59 Å². The first-order valence-corrected chi connectivity index (χ1v) is 6.59. The Balaban J connectivity index is 3.93. The van der Waals surface area contributed by atoms with E-state index in [0.29, 0.717) is 13.0 Å². The van der Waals surface area contributed by atoms with Gasteiger partial charge >= 0.3 is 0 Å². The Labute approximate surface area is 110 Å². The molecule has 5 nitrogen and oxygen atoms in total. The van der Waals surface area contributed by atoms with Crippen LogP contribution in [0.4, 0.5) is 0 Å². The largest absolute Gasteiger partial charge is 0.359 e. The Morgan fingerprint density at radius 2 is 1.89 bits per heavy atom. The van der Waals surface area contributed by atoms with Crippen molar-refractivity contribution < 1.29 is 9.59 Å². The van der Waals surface area contributed by atoms with E-state index in [4.69, 9.17) is 5.73 Å². The van der Waals surface area contributed by atoms with Crippen LogP contribution < -0.4 is 11.1 Å². The van der Waals surface area contributed by atoms with E-state index >= 15 is 0 Å². The standard InChI is InChI=1S/C13H27N3O2/c1-10(6-5-7-11(2)14)13(18)16(4)9-8-12(17)15-3/h10-11H,5-9,14H2,1-4H3,(H,15,17). The average Bonchev–Trinajstić information content (AvgIpc) is 2.33. The van der Waals surface area contributed by atoms with Gasteiger partial charge in [0.25, 0.3) is 0 Å². The van der Waals surface area contributed by atoms with Crippen LogP contribution in [0.25, 0.3) is 0 Å². The number of hydrogen-bond acceptors (Lipinski definition) is 3. The molecule has 2 atom stereocenters. The predicted molar refractivity (Wildman–Crippen MR) is 73.0 cm³/mol. The van der Waals surface area contributed by atoms with Gasteiger partial charge in [0, 0.05) is 39.0 Å². The first-order chi connectivity index (χ1) is 8.38. The first-order valence-electron chi connectivity index (χ1n) is 6.59. The number of nitrogens with two attached hydrogens (primary N) is 1.